The van der Waals surface area contributed by atoms with Crippen LogP contribution in [0, 0.1) is 5.41 Å². The van der Waals surface area contributed by atoms with Gasteiger partial charge in [-0.15, -0.1) is 0 Å². The topological polar surface area (TPSA) is 64.4 Å². The zero-order valence-corrected chi connectivity index (χ0v) is 11.2. The Morgan fingerprint density at radius 3 is 2.82 bits per heavy atom. The zero-order chi connectivity index (χ0) is 12.5. The summed E-state index contributed by atoms with van der Waals surface area (Å²) in [5.41, 5.74) is 6.85. The Balaban J connectivity index is 1.99. The molecule has 0 bridgehead atoms. The normalized spacial score (nSPS) is 17.3. The highest BCUT2D eigenvalue weighted by Gasteiger charge is 2.33. The lowest BCUT2D eigenvalue weighted by atomic mass is 9.88. The maximum Gasteiger partial charge on any atom is 0.253 e. The third-order valence-electron chi connectivity index (χ3n) is 2.84. The van der Waals surface area contributed by atoms with E-state index in [1.807, 2.05) is 0 Å². The van der Waals surface area contributed by atoms with E-state index in [4.69, 9.17) is 10.5 Å². The molecule has 1 saturated heterocycles. The highest BCUT2D eigenvalue weighted by Crippen LogP contribution is 2.25. The van der Waals surface area contributed by atoms with Crippen molar-refractivity contribution in [2.75, 3.05) is 25.5 Å². The van der Waals surface area contributed by atoms with Gasteiger partial charge in [0.1, 0.15) is 0 Å². The van der Waals surface area contributed by atoms with E-state index in [1.54, 1.807) is 18.2 Å². The molecule has 0 unspecified atom stereocenters. The maximum absolute atomic E-state index is 11.9. The predicted molar refractivity (Wildman–Crippen MR) is 69.8 cm³/mol. The van der Waals surface area contributed by atoms with Crippen molar-refractivity contribution in [3.63, 3.8) is 0 Å². The van der Waals surface area contributed by atoms with Crippen LogP contribution in [0.2, 0.25) is 0 Å². The van der Waals surface area contributed by atoms with E-state index in [0.29, 0.717) is 31.0 Å². The molecule has 17 heavy (non-hydrogen) atoms. The van der Waals surface area contributed by atoms with Crippen molar-refractivity contribution in [1.29, 1.82) is 0 Å². The quantitative estimate of drug-likeness (QED) is 0.837. The van der Waals surface area contributed by atoms with Crippen LogP contribution in [0.25, 0.3) is 0 Å². The molecule has 0 saturated carbocycles. The van der Waals surface area contributed by atoms with Crippen LogP contribution < -0.4 is 11.1 Å². The van der Waals surface area contributed by atoms with E-state index in [2.05, 4.69) is 28.2 Å². The molecule has 1 fully saturated rings. The molecule has 0 spiro atoms. The Labute approximate surface area is 109 Å². The minimum Gasteiger partial charge on any atom is -0.398 e. The summed E-state index contributed by atoms with van der Waals surface area (Å²) in [6, 6.07) is 5.25. The van der Waals surface area contributed by atoms with Crippen LogP contribution in [0.1, 0.15) is 17.3 Å². The highest BCUT2D eigenvalue weighted by atomic mass is 79.9. The standard InChI is InChI=1S/C12H15BrN2O2/c1-12(6-17-7-12)5-15-11(16)9-3-2-8(13)4-10(9)14/h2-4H,5-7,14H2,1H3,(H,15,16). The van der Waals surface area contributed by atoms with Gasteiger partial charge < -0.3 is 15.8 Å². The second-order valence-electron chi connectivity index (χ2n) is 4.72. The van der Waals surface area contributed by atoms with Crippen LogP contribution in [0.4, 0.5) is 5.69 Å². The van der Waals surface area contributed by atoms with Gasteiger partial charge in [-0.2, -0.15) is 0 Å². The molecular weight excluding hydrogens is 284 g/mol. The fourth-order valence-electron chi connectivity index (χ4n) is 1.68. The van der Waals surface area contributed by atoms with Crippen LogP contribution in [0.5, 0.6) is 0 Å². The number of carbonyl (C=O) groups excluding carboxylic acids is 1. The minimum absolute atomic E-state index is 0.0692. The molecule has 0 aromatic heterocycles. The molecule has 1 aliphatic rings. The van der Waals surface area contributed by atoms with E-state index in [9.17, 15) is 4.79 Å². The van der Waals surface area contributed by atoms with E-state index >= 15 is 0 Å². The molecule has 3 N–H and O–H groups in total. The van der Waals surface area contributed by atoms with Crippen molar-refractivity contribution in [2.24, 2.45) is 5.41 Å². The lowest BCUT2D eigenvalue weighted by Gasteiger charge is -2.38. The van der Waals surface area contributed by atoms with Gasteiger partial charge in [0, 0.05) is 22.1 Å². The van der Waals surface area contributed by atoms with Crippen molar-refractivity contribution in [1.82, 2.24) is 5.32 Å². The monoisotopic (exact) mass is 298 g/mol. The molecule has 0 aliphatic carbocycles. The Hall–Kier alpha value is -1.07. The first-order valence-electron chi connectivity index (χ1n) is 5.41. The van der Waals surface area contributed by atoms with Crippen LogP contribution in [-0.2, 0) is 4.74 Å². The number of hydrogen-bond donors (Lipinski definition) is 2. The summed E-state index contributed by atoms with van der Waals surface area (Å²) in [5.74, 6) is -0.136. The smallest absolute Gasteiger partial charge is 0.253 e. The molecule has 1 aliphatic heterocycles. The molecule has 4 nitrogen and oxygen atoms in total. The Kier molecular flexibility index (Phi) is 3.40. The largest absolute Gasteiger partial charge is 0.398 e. The van der Waals surface area contributed by atoms with E-state index in [-0.39, 0.29) is 11.3 Å². The highest BCUT2D eigenvalue weighted by molar-refractivity contribution is 9.10. The fourth-order valence-corrected chi connectivity index (χ4v) is 2.06. The molecular formula is C12H15BrN2O2. The van der Waals surface area contributed by atoms with E-state index in [0.717, 1.165) is 4.47 Å². The van der Waals surface area contributed by atoms with Crippen LogP contribution >= 0.6 is 15.9 Å². The van der Waals surface area contributed by atoms with Gasteiger partial charge in [0.05, 0.1) is 18.8 Å². The minimum atomic E-state index is -0.136. The van der Waals surface area contributed by atoms with E-state index < -0.39 is 0 Å². The third-order valence-corrected chi connectivity index (χ3v) is 3.33. The van der Waals surface area contributed by atoms with Gasteiger partial charge in [0.25, 0.3) is 5.91 Å². The number of halogens is 1. The van der Waals surface area contributed by atoms with Crippen molar-refractivity contribution in [3.8, 4) is 0 Å². The summed E-state index contributed by atoms with van der Waals surface area (Å²) in [5, 5.41) is 2.89. The van der Waals surface area contributed by atoms with E-state index in [1.165, 1.54) is 0 Å². The lowest BCUT2D eigenvalue weighted by Crippen LogP contribution is -2.48. The first-order valence-corrected chi connectivity index (χ1v) is 6.20. The Morgan fingerprint density at radius 2 is 2.29 bits per heavy atom. The number of amides is 1. The van der Waals surface area contributed by atoms with Gasteiger partial charge >= 0.3 is 0 Å². The van der Waals surface area contributed by atoms with Gasteiger partial charge in [-0.05, 0) is 18.2 Å². The van der Waals surface area contributed by atoms with Gasteiger partial charge in [0.15, 0.2) is 0 Å². The number of carbonyl (C=O) groups is 1. The molecule has 92 valence electrons. The summed E-state index contributed by atoms with van der Waals surface area (Å²) in [4.78, 5) is 11.9. The van der Waals surface area contributed by atoms with Crippen molar-refractivity contribution in [3.05, 3.63) is 28.2 Å². The molecule has 1 aromatic rings. The summed E-state index contributed by atoms with van der Waals surface area (Å²) >= 11 is 3.31. The van der Waals surface area contributed by atoms with Crippen molar-refractivity contribution >= 4 is 27.5 Å². The van der Waals surface area contributed by atoms with Gasteiger partial charge in [-0.25, -0.2) is 0 Å². The van der Waals surface area contributed by atoms with Gasteiger partial charge in [0.2, 0.25) is 0 Å². The molecule has 1 heterocycles. The first kappa shape index (κ1) is 12.4. The maximum atomic E-state index is 11.9. The number of rotatable bonds is 3. The average Bonchev–Trinajstić information content (AvgIpc) is 2.23. The molecule has 0 atom stereocenters. The van der Waals surface area contributed by atoms with Crippen molar-refractivity contribution < 1.29 is 9.53 Å². The summed E-state index contributed by atoms with van der Waals surface area (Å²) < 4.78 is 6.00. The third kappa shape index (κ3) is 2.79. The summed E-state index contributed by atoms with van der Waals surface area (Å²) in [6.45, 7) is 4.09. The lowest BCUT2D eigenvalue weighted by molar-refractivity contribution is -0.0978. The number of hydrogen-bond acceptors (Lipinski definition) is 3. The number of ether oxygens (including phenoxy) is 1. The predicted octanol–water partition coefficient (Wildman–Crippen LogP) is 1.80. The van der Waals surface area contributed by atoms with Crippen LogP contribution in [-0.4, -0.2) is 25.7 Å². The number of nitrogen functional groups attached to an aromatic ring is 1. The number of anilines is 1. The molecule has 2 rings (SSSR count). The second kappa shape index (κ2) is 4.66. The molecule has 5 heteroatoms. The fraction of sp³-hybridized carbons (Fsp3) is 0.417. The van der Waals surface area contributed by atoms with Crippen LogP contribution in [0.3, 0.4) is 0 Å². The Bertz CT molecular complexity index is 444. The van der Waals surface area contributed by atoms with Gasteiger partial charge in [-0.3, -0.25) is 4.79 Å². The van der Waals surface area contributed by atoms with Crippen molar-refractivity contribution in [2.45, 2.75) is 6.92 Å². The average molecular weight is 299 g/mol. The van der Waals surface area contributed by atoms with Gasteiger partial charge in [-0.1, -0.05) is 22.9 Å². The summed E-state index contributed by atoms with van der Waals surface area (Å²) in [7, 11) is 0. The number of nitrogens with one attached hydrogen (secondary N) is 1. The molecule has 1 amide bonds. The zero-order valence-electron chi connectivity index (χ0n) is 9.63. The summed E-state index contributed by atoms with van der Waals surface area (Å²) in [6.07, 6.45) is 0. The SMILES string of the molecule is CC1(CNC(=O)c2ccc(Br)cc2N)COC1. The Morgan fingerprint density at radius 1 is 1.59 bits per heavy atom. The molecule has 1 aromatic carbocycles. The second-order valence-corrected chi connectivity index (χ2v) is 5.63. The number of benzene rings is 1. The molecule has 0 radical (unpaired) electrons. The first-order chi connectivity index (χ1) is 8.00. The number of nitrogens with two attached hydrogens (primary N) is 1. The van der Waals surface area contributed by atoms with Crippen LogP contribution in [0.15, 0.2) is 22.7 Å².